The first-order chi connectivity index (χ1) is 13.5. The van der Waals surface area contributed by atoms with Crippen LogP contribution in [-0.4, -0.2) is 66.0 Å². The molecule has 1 saturated heterocycles. The summed E-state index contributed by atoms with van der Waals surface area (Å²) in [6.07, 6.45) is 1.70. The topological polar surface area (TPSA) is 65.5 Å². The largest absolute Gasteiger partial charge is 0.363 e. The lowest BCUT2D eigenvalue weighted by atomic mass is 10.1. The van der Waals surface area contributed by atoms with Crippen LogP contribution in [0.5, 0.6) is 0 Å². The standard InChI is InChI=1S/C21H24N6O/c1-15-14-18(25(2)3)24-21(23-15)27-12-10-26(11-13-27)20(28)19-17-7-5-4-6-16(17)8-9-22-19/h4-9,14H,10-13H2,1-3H3. The number of nitrogens with zero attached hydrogens (tertiary/aromatic N) is 6. The Hall–Kier alpha value is -3.22. The molecule has 0 aliphatic carbocycles. The van der Waals surface area contributed by atoms with E-state index in [4.69, 9.17) is 0 Å². The average molecular weight is 376 g/mol. The highest BCUT2D eigenvalue weighted by Gasteiger charge is 2.25. The summed E-state index contributed by atoms with van der Waals surface area (Å²) in [6, 6.07) is 11.8. The maximum absolute atomic E-state index is 13.1. The van der Waals surface area contributed by atoms with Gasteiger partial charge in [0.25, 0.3) is 5.91 Å². The number of aromatic nitrogens is 3. The summed E-state index contributed by atoms with van der Waals surface area (Å²) < 4.78 is 0. The van der Waals surface area contributed by atoms with E-state index in [1.54, 1.807) is 6.20 Å². The van der Waals surface area contributed by atoms with Crippen molar-refractivity contribution in [3.05, 3.63) is 54.0 Å². The third kappa shape index (κ3) is 3.47. The maximum Gasteiger partial charge on any atom is 0.273 e. The number of carbonyl (C=O) groups is 1. The van der Waals surface area contributed by atoms with Gasteiger partial charge in [0.05, 0.1) is 0 Å². The lowest BCUT2D eigenvalue weighted by Gasteiger charge is -2.35. The second kappa shape index (κ2) is 7.42. The van der Waals surface area contributed by atoms with Gasteiger partial charge in [-0.25, -0.2) is 4.98 Å². The predicted molar refractivity (Wildman–Crippen MR) is 111 cm³/mol. The SMILES string of the molecule is Cc1cc(N(C)C)nc(N2CCN(C(=O)c3nccc4ccccc34)CC2)n1. The molecule has 0 unspecified atom stereocenters. The van der Waals surface area contributed by atoms with E-state index in [1.807, 2.05) is 67.2 Å². The van der Waals surface area contributed by atoms with Gasteiger partial charge in [0.2, 0.25) is 5.95 Å². The molecular formula is C21H24N6O. The first-order valence-corrected chi connectivity index (χ1v) is 9.44. The molecule has 1 aliphatic rings. The highest BCUT2D eigenvalue weighted by molar-refractivity contribution is 6.05. The molecule has 7 heteroatoms. The number of rotatable bonds is 3. The van der Waals surface area contributed by atoms with E-state index in [0.717, 1.165) is 28.2 Å². The van der Waals surface area contributed by atoms with Gasteiger partial charge in [0, 0.05) is 63.6 Å². The lowest BCUT2D eigenvalue weighted by Crippen LogP contribution is -2.49. The highest BCUT2D eigenvalue weighted by atomic mass is 16.2. The van der Waals surface area contributed by atoms with E-state index in [9.17, 15) is 4.79 Å². The van der Waals surface area contributed by atoms with Crippen molar-refractivity contribution in [3.63, 3.8) is 0 Å². The van der Waals surface area contributed by atoms with Crippen molar-refractivity contribution in [1.29, 1.82) is 0 Å². The number of piperazine rings is 1. The summed E-state index contributed by atoms with van der Waals surface area (Å²) >= 11 is 0. The van der Waals surface area contributed by atoms with Gasteiger partial charge in [-0.2, -0.15) is 4.98 Å². The monoisotopic (exact) mass is 376 g/mol. The van der Waals surface area contributed by atoms with Crippen molar-refractivity contribution < 1.29 is 4.79 Å². The Balaban J connectivity index is 1.50. The number of hydrogen-bond acceptors (Lipinski definition) is 6. The number of fused-ring (bicyclic) bond motifs is 1. The number of amides is 1. The van der Waals surface area contributed by atoms with E-state index in [0.29, 0.717) is 31.9 Å². The first kappa shape index (κ1) is 18.2. The zero-order chi connectivity index (χ0) is 19.7. The molecule has 0 saturated carbocycles. The van der Waals surface area contributed by atoms with E-state index < -0.39 is 0 Å². The summed E-state index contributed by atoms with van der Waals surface area (Å²) in [4.78, 5) is 32.6. The van der Waals surface area contributed by atoms with Crippen molar-refractivity contribution in [1.82, 2.24) is 19.9 Å². The molecule has 3 heterocycles. The molecule has 2 aromatic heterocycles. The van der Waals surface area contributed by atoms with Gasteiger partial charge in [-0.05, 0) is 18.4 Å². The van der Waals surface area contributed by atoms with Crippen molar-refractivity contribution in [2.75, 3.05) is 50.1 Å². The van der Waals surface area contributed by atoms with Crippen molar-refractivity contribution in [2.24, 2.45) is 0 Å². The molecule has 7 nitrogen and oxygen atoms in total. The van der Waals surface area contributed by atoms with E-state index in [1.165, 1.54) is 0 Å². The molecular weight excluding hydrogens is 352 g/mol. The van der Waals surface area contributed by atoms with Gasteiger partial charge in [-0.3, -0.25) is 9.78 Å². The van der Waals surface area contributed by atoms with Crippen molar-refractivity contribution in [2.45, 2.75) is 6.92 Å². The zero-order valence-corrected chi connectivity index (χ0v) is 16.5. The number of anilines is 2. The number of hydrogen-bond donors (Lipinski definition) is 0. The second-order valence-electron chi connectivity index (χ2n) is 7.22. The molecule has 1 aliphatic heterocycles. The number of pyridine rings is 1. The summed E-state index contributed by atoms with van der Waals surface area (Å²) in [5, 5.41) is 1.93. The Morgan fingerprint density at radius 3 is 2.54 bits per heavy atom. The normalized spacial score (nSPS) is 14.4. The van der Waals surface area contributed by atoms with Gasteiger partial charge >= 0.3 is 0 Å². The van der Waals surface area contributed by atoms with Gasteiger partial charge in [0.15, 0.2) is 0 Å². The average Bonchev–Trinajstić information content (AvgIpc) is 2.72. The molecule has 1 aromatic carbocycles. The number of aryl methyl sites for hydroxylation is 1. The number of benzene rings is 1. The van der Waals surface area contributed by atoms with Crippen LogP contribution in [0, 0.1) is 6.92 Å². The van der Waals surface area contributed by atoms with Crippen LogP contribution < -0.4 is 9.80 Å². The van der Waals surface area contributed by atoms with Crippen LogP contribution in [-0.2, 0) is 0 Å². The molecule has 0 bridgehead atoms. The van der Waals surface area contributed by atoms with E-state index in [2.05, 4.69) is 19.9 Å². The Morgan fingerprint density at radius 2 is 1.79 bits per heavy atom. The molecule has 0 radical (unpaired) electrons. The van der Waals surface area contributed by atoms with Gasteiger partial charge in [-0.15, -0.1) is 0 Å². The molecule has 3 aromatic rings. The third-order valence-corrected chi connectivity index (χ3v) is 5.01. The van der Waals surface area contributed by atoms with Crippen LogP contribution in [0.25, 0.3) is 10.8 Å². The Kier molecular flexibility index (Phi) is 4.81. The number of carbonyl (C=O) groups excluding carboxylic acids is 1. The molecule has 0 N–H and O–H groups in total. The lowest BCUT2D eigenvalue weighted by molar-refractivity contribution is 0.0742. The van der Waals surface area contributed by atoms with Crippen LogP contribution in [0.15, 0.2) is 42.6 Å². The second-order valence-corrected chi connectivity index (χ2v) is 7.22. The molecule has 0 atom stereocenters. The zero-order valence-electron chi connectivity index (χ0n) is 16.5. The fraction of sp³-hybridized carbons (Fsp3) is 0.333. The van der Waals surface area contributed by atoms with Crippen LogP contribution in [0.4, 0.5) is 11.8 Å². The Labute approximate surface area is 164 Å². The minimum Gasteiger partial charge on any atom is -0.363 e. The molecule has 1 fully saturated rings. The Morgan fingerprint density at radius 1 is 1.04 bits per heavy atom. The third-order valence-electron chi connectivity index (χ3n) is 5.01. The summed E-state index contributed by atoms with van der Waals surface area (Å²) in [5.74, 6) is 1.59. The summed E-state index contributed by atoms with van der Waals surface area (Å²) in [7, 11) is 3.94. The Bertz CT molecular complexity index is 1010. The fourth-order valence-corrected chi connectivity index (χ4v) is 3.46. The van der Waals surface area contributed by atoms with E-state index >= 15 is 0 Å². The summed E-state index contributed by atoms with van der Waals surface area (Å²) in [5.41, 5.74) is 1.46. The van der Waals surface area contributed by atoms with Gasteiger partial charge in [0.1, 0.15) is 11.5 Å². The van der Waals surface area contributed by atoms with Gasteiger partial charge < -0.3 is 14.7 Å². The fourth-order valence-electron chi connectivity index (χ4n) is 3.46. The van der Waals surface area contributed by atoms with Crippen LogP contribution >= 0.6 is 0 Å². The van der Waals surface area contributed by atoms with Crippen LogP contribution in [0.3, 0.4) is 0 Å². The van der Waals surface area contributed by atoms with Gasteiger partial charge in [-0.1, -0.05) is 24.3 Å². The highest BCUT2D eigenvalue weighted by Crippen LogP contribution is 2.20. The summed E-state index contributed by atoms with van der Waals surface area (Å²) in [6.45, 7) is 4.63. The maximum atomic E-state index is 13.1. The quantitative estimate of drug-likeness (QED) is 0.699. The smallest absolute Gasteiger partial charge is 0.273 e. The minimum absolute atomic E-state index is 0.0180. The van der Waals surface area contributed by atoms with Crippen molar-refractivity contribution >= 4 is 28.4 Å². The van der Waals surface area contributed by atoms with Crippen LogP contribution in [0.2, 0.25) is 0 Å². The molecule has 28 heavy (non-hydrogen) atoms. The molecule has 0 spiro atoms. The molecule has 4 rings (SSSR count). The predicted octanol–water partition coefficient (Wildman–Crippen LogP) is 2.36. The minimum atomic E-state index is -0.0180. The van der Waals surface area contributed by atoms with E-state index in [-0.39, 0.29) is 5.91 Å². The molecule has 1 amide bonds. The first-order valence-electron chi connectivity index (χ1n) is 9.44. The molecule has 144 valence electrons. The van der Waals surface area contributed by atoms with Crippen LogP contribution in [0.1, 0.15) is 16.2 Å². The van der Waals surface area contributed by atoms with Crippen molar-refractivity contribution in [3.8, 4) is 0 Å².